The molecule has 0 fully saturated rings. The number of hydrogen-bond donors (Lipinski definition) is 1. The Labute approximate surface area is 62.5 Å². The zero-order chi connectivity index (χ0) is 8.04. The molecular weight excluding hydrogens is 128 g/mol. The second-order valence-corrected chi connectivity index (χ2v) is 2.25. The third kappa shape index (κ3) is 4.53. The van der Waals surface area contributed by atoms with E-state index in [1.165, 1.54) is 6.08 Å². The minimum atomic E-state index is -1.02. The van der Waals surface area contributed by atoms with Crippen molar-refractivity contribution in [2.24, 2.45) is 0 Å². The maximum Gasteiger partial charge on any atom is 0.0848 e. The van der Waals surface area contributed by atoms with Crippen LogP contribution in [0.4, 0.5) is 0 Å². The molecule has 0 spiro atoms. The molecule has 0 aromatic rings. The molecule has 0 aromatic carbocycles. The zero-order valence-electron chi connectivity index (χ0n) is 6.47. The Morgan fingerprint density at radius 3 is 2.70 bits per heavy atom. The van der Waals surface area contributed by atoms with Crippen LogP contribution in [0, 0.1) is 6.92 Å². The van der Waals surface area contributed by atoms with Gasteiger partial charge < -0.3 is 9.84 Å². The molecule has 0 bridgehead atoms. The lowest BCUT2D eigenvalue weighted by Gasteiger charge is -2.17. The van der Waals surface area contributed by atoms with Crippen LogP contribution in [0.15, 0.2) is 12.7 Å². The van der Waals surface area contributed by atoms with Crippen molar-refractivity contribution in [3.63, 3.8) is 0 Å². The lowest BCUT2D eigenvalue weighted by atomic mass is 10.0. The molecular formula is C8H15O2. The van der Waals surface area contributed by atoms with Crippen LogP contribution < -0.4 is 0 Å². The number of aliphatic hydroxyl groups is 1. The SMILES string of the molecule is [CH2]C(O)(C=C)CCOCC. The fourth-order valence-electron chi connectivity index (χ4n) is 0.495. The number of ether oxygens (including phenoxy) is 1. The minimum absolute atomic E-state index is 0.504. The standard InChI is InChI=1S/C8H15O2/c1-4-8(3,9)6-7-10-5-2/h4,9H,1,3,5-7H2,2H3. The van der Waals surface area contributed by atoms with E-state index >= 15 is 0 Å². The van der Waals surface area contributed by atoms with Crippen LogP contribution in [-0.4, -0.2) is 23.9 Å². The van der Waals surface area contributed by atoms with Gasteiger partial charge in [0.15, 0.2) is 0 Å². The highest BCUT2D eigenvalue weighted by Crippen LogP contribution is 2.08. The normalized spacial score (nSPS) is 16.3. The van der Waals surface area contributed by atoms with Crippen LogP contribution in [0.2, 0.25) is 0 Å². The van der Waals surface area contributed by atoms with E-state index in [0.29, 0.717) is 19.6 Å². The van der Waals surface area contributed by atoms with Crippen LogP contribution in [0.25, 0.3) is 0 Å². The Balaban J connectivity index is 3.37. The Kier molecular flexibility index (Phi) is 4.32. The van der Waals surface area contributed by atoms with Gasteiger partial charge in [0, 0.05) is 19.6 Å². The second-order valence-electron chi connectivity index (χ2n) is 2.25. The van der Waals surface area contributed by atoms with Gasteiger partial charge in [0.1, 0.15) is 0 Å². The average molecular weight is 143 g/mol. The van der Waals surface area contributed by atoms with E-state index in [-0.39, 0.29) is 0 Å². The first-order chi connectivity index (χ1) is 4.62. The summed E-state index contributed by atoms with van der Waals surface area (Å²) in [7, 11) is 0. The maximum atomic E-state index is 9.24. The highest BCUT2D eigenvalue weighted by molar-refractivity contribution is 4.97. The second kappa shape index (κ2) is 4.47. The summed E-state index contributed by atoms with van der Waals surface area (Å²) in [5.74, 6) is 0. The zero-order valence-corrected chi connectivity index (χ0v) is 6.47. The molecule has 0 rings (SSSR count). The summed E-state index contributed by atoms with van der Waals surface area (Å²) in [6.45, 7) is 10.1. The third-order valence-corrected chi connectivity index (χ3v) is 1.26. The summed E-state index contributed by atoms with van der Waals surface area (Å²) in [5.41, 5.74) is -1.02. The van der Waals surface area contributed by atoms with Gasteiger partial charge in [-0.1, -0.05) is 6.08 Å². The van der Waals surface area contributed by atoms with E-state index < -0.39 is 5.60 Å². The molecule has 0 amide bonds. The van der Waals surface area contributed by atoms with Crippen molar-refractivity contribution in [2.45, 2.75) is 18.9 Å². The lowest BCUT2D eigenvalue weighted by Crippen LogP contribution is -2.22. The van der Waals surface area contributed by atoms with Crippen molar-refractivity contribution < 1.29 is 9.84 Å². The van der Waals surface area contributed by atoms with Crippen LogP contribution in [-0.2, 0) is 4.74 Å². The van der Waals surface area contributed by atoms with Gasteiger partial charge in [-0.25, -0.2) is 0 Å². The van der Waals surface area contributed by atoms with Crippen molar-refractivity contribution >= 4 is 0 Å². The van der Waals surface area contributed by atoms with Crippen molar-refractivity contribution in [3.8, 4) is 0 Å². The molecule has 0 saturated heterocycles. The highest BCUT2D eigenvalue weighted by Gasteiger charge is 2.13. The van der Waals surface area contributed by atoms with E-state index in [0.717, 1.165) is 0 Å². The number of rotatable bonds is 5. The van der Waals surface area contributed by atoms with E-state index in [4.69, 9.17) is 4.74 Å². The predicted octanol–water partition coefficient (Wildman–Crippen LogP) is 1.16. The highest BCUT2D eigenvalue weighted by atomic mass is 16.5. The molecule has 1 N–H and O–H groups in total. The van der Waals surface area contributed by atoms with Gasteiger partial charge in [-0.15, -0.1) is 6.58 Å². The van der Waals surface area contributed by atoms with Crippen molar-refractivity contribution in [3.05, 3.63) is 19.6 Å². The molecule has 59 valence electrons. The predicted molar refractivity (Wildman–Crippen MR) is 41.6 cm³/mol. The lowest BCUT2D eigenvalue weighted by molar-refractivity contribution is 0.0692. The molecule has 0 aliphatic carbocycles. The topological polar surface area (TPSA) is 29.5 Å². The Bertz CT molecular complexity index is 97.4. The van der Waals surface area contributed by atoms with E-state index in [2.05, 4.69) is 13.5 Å². The molecule has 0 saturated carbocycles. The minimum Gasteiger partial charge on any atom is -0.386 e. The fourth-order valence-corrected chi connectivity index (χ4v) is 0.495. The summed E-state index contributed by atoms with van der Waals surface area (Å²) >= 11 is 0. The molecule has 1 radical (unpaired) electrons. The van der Waals surface area contributed by atoms with Crippen LogP contribution in [0.1, 0.15) is 13.3 Å². The molecule has 0 aromatic heterocycles. The first-order valence-electron chi connectivity index (χ1n) is 3.41. The Hall–Kier alpha value is -0.340. The van der Waals surface area contributed by atoms with Crippen molar-refractivity contribution in [1.29, 1.82) is 0 Å². The summed E-state index contributed by atoms with van der Waals surface area (Å²) in [6, 6.07) is 0. The molecule has 2 heteroatoms. The molecule has 10 heavy (non-hydrogen) atoms. The Morgan fingerprint density at radius 2 is 2.30 bits per heavy atom. The summed E-state index contributed by atoms with van der Waals surface area (Å²) in [6.07, 6.45) is 1.93. The van der Waals surface area contributed by atoms with E-state index in [9.17, 15) is 5.11 Å². The average Bonchev–Trinajstić information content (AvgIpc) is 1.89. The monoisotopic (exact) mass is 143 g/mol. The maximum absolute atomic E-state index is 9.24. The van der Waals surface area contributed by atoms with Gasteiger partial charge >= 0.3 is 0 Å². The smallest absolute Gasteiger partial charge is 0.0848 e. The van der Waals surface area contributed by atoms with Gasteiger partial charge in [0.2, 0.25) is 0 Å². The molecule has 0 aliphatic rings. The largest absolute Gasteiger partial charge is 0.386 e. The number of hydrogen-bond acceptors (Lipinski definition) is 2. The van der Waals surface area contributed by atoms with Gasteiger partial charge in [-0.2, -0.15) is 0 Å². The summed E-state index contributed by atoms with van der Waals surface area (Å²) in [4.78, 5) is 0. The molecule has 0 aliphatic heterocycles. The first-order valence-corrected chi connectivity index (χ1v) is 3.41. The van der Waals surface area contributed by atoms with Crippen molar-refractivity contribution in [1.82, 2.24) is 0 Å². The summed E-state index contributed by atoms with van der Waals surface area (Å²) < 4.78 is 5.02. The molecule has 2 nitrogen and oxygen atoms in total. The third-order valence-electron chi connectivity index (χ3n) is 1.26. The van der Waals surface area contributed by atoms with E-state index in [1.807, 2.05) is 6.92 Å². The van der Waals surface area contributed by atoms with Crippen molar-refractivity contribution in [2.75, 3.05) is 13.2 Å². The first kappa shape index (κ1) is 9.66. The Morgan fingerprint density at radius 1 is 1.70 bits per heavy atom. The van der Waals surface area contributed by atoms with Crippen LogP contribution >= 0.6 is 0 Å². The molecule has 1 unspecified atom stereocenters. The van der Waals surface area contributed by atoms with Gasteiger partial charge in [-0.05, 0) is 13.8 Å². The van der Waals surface area contributed by atoms with Gasteiger partial charge in [0.05, 0.1) is 5.60 Å². The van der Waals surface area contributed by atoms with E-state index in [1.54, 1.807) is 0 Å². The summed E-state index contributed by atoms with van der Waals surface area (Å²) in [5, 5.41) is 9.24. The molecule has 0 heterocycles. The quantitative estimate of drug-likeness (QED) is 0.462. The fraction of sp³-hybridized carbons (Fsp3) is 0.625. The van der Waals surface area contributed by atoms with Gasteiger partial charge in [0.25, 0.3) is 0 Å². The van der Waals surface area contributed by atoms with Crippen LogP contribution in [0.5, 0.6) is 0 Å². The van der Waals surface area contributed by atoms with Crippen LogP contribution in [0.3, 0.4) is 0 Å². The molecule has 1 atom stereocenters. The van der Waals surface area contributed by atoms with Gasteiger partial charge in [-0.3, -0.25) is 0 Å².